The zero-order valence-electron chi connectivity index (χ0n) is 9.11. The van der Waals surface area contributed by atoms with E-state index >= 15 is 0 Å². The summed E-state index contributed by atoms with van der Waals surface area (Å²) in [5.74, 6) is 0.781. The van der Waals surface area contributed by atoms with E-state index in [1.54, 1.807) is 12.4 Å². The quantitative estimate of drug-likeness (QED) is 0.712. The van der Waals surface area contributed by atoms with E-state index in [2.05, 4.69) is 15.2 Å². The summed E-state index contributed by atoms with van der Waals surface area (Å²) < 4.78 is 1.93. The van der Waals surface area contributed by atoms with Crippen LogP contribution < -0.4 is 5.73 Å². The van der Waals surface area contributed by atoms with Gasteiger partial charge < -0.3 is 5.73 Å². The van der Waals surface area contributed by atoms with Gasteiger partial charge in [-0.25, -0.2) is 0 Å². The molecule has 5 nitrogen and oxygen atoms in total. The van der Waals surface area contributed by atoms with Crippen molar-refractivity contribution in [3.05, 3.63) is 48.4 Å². The fourth-order valence-corrected chi connectivity index (χ4v) is 1.75. The average Bonchev–Trinajstić information content (AvgIpc) is 2.82. The molecule has 0 fully saturated rings. The Hall–Kier alpha value is -2.27. The lowest BCUT2D eigenvalue weighted by Gasteiger charge is -2.01. The van der Waals surface area contributed by atoms with Crippen molar-refractivity contribution in [2.24, 2.45) is 5.73 Å². The van der Waals surface area contributed by atoms with Crippen LogP contribution in [0, 0.1) is 0 Å². The molecule has 0 aliphatic carbocycles. The average molecular weight is 225 g/mol. The third-order valence-corrected chi connectivity index (χ3v) is 2.62. The Morgan fingerprint density at radius 2 is 2.12 bits per heavy atom. The molecule has 3 heterocycles. The Bertz CT molecular complexity index is 644. The first kappa shape index (κ1) is 9.92. The minimum atomic E-state index is 0.501. The maximum Gasteiger partial charge on any atom is 0.169 e. The lowest BCUT2D eigenvalue weighted by molar-refractivity contribution is 1.03. The van der Waals surface area contributed by atoms with Gasteiger partial charge in [-0.3, -0.25) is 9.38 Å². The molecule has 0 amide bonds. The van der Waals surface area contributed by atoms with E-state index in [-0.39, 0.29) is 0 Å². The molecule has 0 saturated carbocycles. The Balaban J connectivity index is 2.23. The first-order chi connectivity index (χ1) is 8.38. The molecule has 5 heteroatoms. The molecule has 0 spiro atoms. The number of hydrogen-bond acceptors (Lipinski definition) is 4. The molecule has 2 N–H and O–H groups in total. The van der Waals surface area contributed by atoms with E-state index in [1.807, 2.05) is 34.9 Å². The second-order valence-corrected chi connectivity index (χ2v) is 3.73. The molecule has 0 saturated heterocycles. The van der Waals surface area contributed by atoms with Crippen molar-refractivity contribution in [1.82, 2.24) is 19.6 Å². The van der Waals surface area contributed by atoms with Crippen LogP contribution in [-0.4, -0.2) is 19.6 Å². The Morgan fingerprint density at radius 1 is 1.18 bits per heavy atom. The van der Waals surface area contributed by atoms with Crippen molar-refractivity contribution in [1.29, 1.82) is 0 Å². The van der Waals surface area contributed by atoms with Crippen LogP contribution in [0.1, 0.15) is 5.56 Å². The van der Waals surface area contributed by atoms with Crippen molar-refractivity contribution < 1.29 is 0 Å². The van der Waals surface area contributed by atoms with E-state index in [1.165, 1.54) is 0 Å². The summed E-state index contributed by atoms with van der Waals surface area (Å²) >= 11 is 0. The third-order valence-electron chi connectivity index (χ3n) is 2.62. The molecule has 0 unspecified atom stereocenters. The van der Waals surface area contributed by atoms with Crippen LogP contribution in [0.2, 0.25) is 0 Å². The van der Waals surface area contributed by atoms with Gasteiger partial charge in [-0.2, -0.15) is 0 Å². The minimum absolute atomic E-state index is 0.501. The number of nitrogens with zero attached hydrogens (tertiary/aromatic N) is 4. The SMILES string of the molecule is NCc1ccc2nnc(-c3cccnc3)n2c1. The van der Waals surface area contributed by atoms with Gasteiger partial charge in [0.1, 0.15) is 0 Å². The zero-order chi connectivity index (χ0) is 11.7. The van der Waals surface area contributed by atoms with Gasteiger partial charge >= 0.3 is 0 Å². The first-order valence-corrected chi connectivity index (χ1v) is 5.32. The topological polar surface area (TPSA) is 69.1 Å². The van der Waals surface area contributed by atoms with Crippen LogP contribution in [0.3, 0.4) is 0 Å². The first-order valence-electron chi connectivity index (χ1n) is 5.32. The van der Waals surface area contributed by atoms with Crippen LogP contribution in [0.5, 0.6) is 0 Å². The van der Waals surface area contributed by atoms with Crippen molar-refractivity contribution in [3.63, 3.8) is 0 Å². The van der Waals surface area contributed by atoms with Crippen molar-refractivity contribution in [3.8, 4) is 11.4 Å². The summed E-state index contributed by atoms with van der Waals surface area (Å²) in [4.78, 5) is 4.08. The predicted octanol–water partition coefficient (Wildman–Crippen LogP) is 1.25. The Kier molecular flexibility index (Phi) is 2.31. The highest BCUT2D eigenvalue weighted by molar-refractivity contribution is 5.58. The number of nitrogens with two attached hydrogens (primary N) is 1. The normalized spacial score (nSPS) is 10.9. The summed E-state index contributed by atoms with van der Waals surface area (Å²) in [6, 6.07) is 7.70. The number of pyridine rings is 2. The van der Waals surface area contributed by atoms with Crippen LogP contribution in [0.15, 0.2) is 42.9 Å². The van der Waals surface area contributed by atoms with E-state index in [0.717, 1.165) is 22.6 Å². The smallest absolute Gasteiger partial charge is 0.169 e. The highest BCUT2D eigenvalue weighted by Crippen LogP contribution is 2.17. The van der Waals surface area contributed by atoms with Gasteiger partial charge in [0.05, 0.1) is 0 Å². The van der Waals surface area contributed by atoms with Gasteiger partial charge in [0, 0.05) is 30.7 Å². The summed E-state index contributed by atoms with van der Waals surface area (Å²) in [6.07, 6.45) is 5.46. The minimum Gasteiger partial charge on any atom is -0.326 e. The van der Waals surface area contributed by atoms with Crippen LogP contribution in [0.4, 0.5) is 0 Å². The maximum atomic E-state index is 5.63. The molecule has 3 aromatic heterocycles. The highest BCUT2D eigenvalue weighted by atomic mass is 15.2. The molecule has 3 aromatic rings. The number of hydrogen-bond donors (Lipinski definition) is 1. The van der Waals surface area contributed by atoms with E-state index < -0.39 is 0 Å². The monoisotopic (exact) mass is 225 g/mol. The Labute approximate surface area is 97.9 Å². The maximum absolute atomic E-state index is 5.63. The predicted molar refractivity (Wildman–Crippen MR) is 64.1 cm³/mol. The molecule has 3 rings (SSSR count). The second-order valence-electron chi connectivity index (χ2n) is 3.73. The highest BCUT2D eigenvalue weighted by Gasteiger charge is 2.07. The second kappa shape index (κ2) is 3.95. The van der Waals surface area contributed by atoms with Gasteiger partial charge in [0.25, 0.3) is 0 Å². The molecule has 17 heavy (non-hydrogen) atoms. The number of rotatable bonds is 2. The van der Waals surface area contributed by atoms with Crippen LogP contribution >= 0.6 is 0 Å². The molecule has 0 aliphatic heterocycles. The molecule has 0 radical (unpaired) electrons. The molecule has 84 valence electrons. The fraction of sp³-hybridized carbons (Fsp3) is 0.0833. The van der Waals surface area contributed by atoms with Crippen LogP contribution in [0.25, 0.3) is 17.0 Å². The summed E-state index contributed by atoms with van der Waals surface area (Å²) in [5.41, 5.74) is 8.42. The third kappa shape index (κ3) is 1.66. The van der Waals surface area contributed by atoms with Gasteiger partial charge in [0.15, 0.2) is 11.5 Å². The van der Waals surface area contributed by atoms with E-state index in [0.29, 0.717) is 6.54 Å². The standard InChI is InChI=1S/C12H11N5/c13-6-9-3-4-11-15-16-12(17(11)8-9)10-2-1-5-14-7-10/h1-5,7-8H,6,13H2. The summed E-state index contributed by atoms with van der Waals surface area (Å²) in [7, 11) is 0. The Morgan fingerprint density at radius 3 is 2.88 bits per heavy atom. The lowest BCUT2D eigenvalue weighted by atomic mass is 10.2. The summed E-state index contributed by atoms with van der Waals surface area (Å²) in [5, 5.41) is 8.29. The van der Waals surface area contributed by atoms with Gasteiger partial charge in [-0.05, 0) is 23.8 Å². The molecule has 0 aromatic carbocycles. The van der Waals surface area contributed by atoms with Crippen molar-refractivity contribution in [2.75, 3.05) is 0 Å². The molecule has 0 aliphatic rings. The molecular formula is C12H11N5. The fourth-order valence-electron chi connectivity index (χ4n) is 1.75. The van der Waals surface area contributed by atoms with Crippen molar-refractivity contribution in [2.45, 2.75) is 6.54 Å². The van der Waals surface area contributed by atoms with Gasteiger partial charge in [-0.15, -0.1) is 10.2 Å². The molecule has 0 bridgehead atoms. The summed E-state index contributed by atoms with van der Waals surface area (Å²) in [6.45, 7) is 0.501. The lowest BCUT2D eigenvalue weighted by Crippen LogP contribution is -1.99. The van der Waals surface area contributed by atoms with Gasteiger partial charge in [0.2, 0.25) is 0 Å². The zero-order valence-corrected chi connectivity index (χ0v) is 9.11. The van der Waals surface area contributed by atoms with Crippen molar-refractivity contribution >= 4 is 5.65 Å². The molecular weight excluding hydrogens is 214 g/mol. The van der Waals surface area contributed by atoms with E-state index in [4.69, 9.17) is 5.73 Å². The molecule has 0 atom stereocenters. The number of fused-ring (bicyclic) bond motifs is 1. The van der Waals surface area contributed by atoms with E-state index in [9.17, 15) is 0 Å². The van der Waals surface area contributed by atoms with Gasteiger partial charge in [-0.1, -0.05) is 6.07 Å². The van der Waals surface area contributed by atoms with Crippen LogP contribution in [-0.2, 0) is 6.54 Å². The largest absolute Gasteiger partial charge is 0.326 e. The number of aromatic nitrogens is 4.